The Kier molecular flexibility index (Phi) is 6.47. The van der Waals surface area contributed by atoms with Crippen LogP contribution in [0.3, 0.4) is 0 Å². The summed E-state index contributed by atoms with van der Waals surface area (Å²) in [7, 11) is 0. The number of fused-ring (bicyclic) bond motifs is 2. The molecule has 1 aromatic heterocycles. The summed E-state index contributed by atoms with van der Waals surface area (Å²) >= 11 is 0. The van der Waals surface area contributed by atoms with Gasteiger partial charge in [-0.2, -0.15) is 0 Å². The van der Waals surface area contributed by atoms with Gasteiger partial charge in [-0.15, -0.1) is 10.2 Å². The summed E-state index contributed by atoms with van der Waals surface area (Å²) in [5.74, 6) is 0.601. The van der Waals surface area contributed by atoms with Gasteiger partial charge in [-0.1, -0.05) is 164 Å². The third-order valence-corrected chi connectivity index (χ3v) is 8.21. The maximum Gasteiger partial charge on any atom is 0.182 e. The molecule has 0 bridgehead atoms. The van der Waals surface area contributed by atoms with Gasteiger partial charge in [0.25, 0.3) is 0 Å². The molecular weight excluding hydrogens is 534 g/mol. The minimum absolute atomic E-state index is 0.601. The maximum atomic E-state index is 5.06. The van der Waals surface area contributed by atoms with Crippen LogP contribution < -0.4 is 0 Å². The van der Waals surface area contributed by atoms with E-state index in [1.165, 1.54) is 38.2 Å². The van der Waals surface area contributed by atoms with Gasteiger partial charge >= 0.3 is 0 Å². The van der Waals surface area contributed by atoms with E-state index in [-0.39, 0.29) is 0 Å². The van der Waals surface area contributed by atoms with Crippen LogP contribution >= 0.6 is 0 Å². The van der Waals surface area contributed by atoms with Crippen molar-refractivity contribution in [2.45, 2.75) is 0 Å². The molecule has 0 spiro atoms. The number of rotatable bonds is 5. The maximum absolute atomic E-state index is 5.06. The number of benzene rings is 7. The first-order valence-corrected chi connectivity index (χ1v) is 14.8. The summed E-state index contributed by atoms with van der Waals surface area (Å²) in [6.07, 6.45) is 0. The lowest BCUT2D eigenvalue weighted by Gasteiger charge is -2.17. The number of hydrogen-bond acceptors (Lipinski definition) is 3. The van der Waals surface area contributed by atoms with Gasteiger partial charge in [-0.05, 0) is 43.8 Å². The van der Waals surface area contributed by atoms with Crippen LogP contribution in [0.5, 0.6) is 0 Å². The Morgan fingerprint density at radius 1 is 0.273 bits per heavy atom. The lowest BCUT2D eigenvalue weighted by Crippen LogP contribution is -2.00. The molecule has 0 aliphatic rings. The fraction of sp³-hybridized carbons (Fsp3) is 0. The van der Waals surface area contributed by atoms with Crippen molar-refractivity contribution >= 4 is 21.5 Å². The highest BCUT2D eigenvalue weighted by atomic mass is 15.2. The molecule has 3 nitrogen and oxygen atoms in total. The van der Waals surface area contributed by atoms with E-state index in [9.17, 15) is 0 Å². The second-order valence-corrected chi connectivity index (χ2v) is 10.8. The molecule has 206 valence electrons. The first kappa shape index (κ1) is 25.8. The second kappa shape index (κ2) is 11.0. The van der Waals surface area contributed by atoms with Crippen molar-refractivity contribution in [3.8, 4) is 56.2 Å². The normalized spacial score (nSPS) is 11.2. The highest BCUT2D eigenvalue weighted by Gasteiger charge is 2.18. The molecule has 7 aromatic carbocycles. The monoisotopic (exact) mass is 561 g/mol. The minimum Gasteiger partial charge on any atom is -0.224 e. The van der Waals surface area contributed by atoms with Crippen LogP contribution in [0, 0.1) is 0 Å². The predicted molar refractivity (Wildman–Crippen MR) is 182 cm³/mol. The van der Waals surface area contributed by atoms with Crippen LogP contribution in [-0.4, -0.2) is 15.2 Å². The topological polar surface area (TPSA) is 38.7 Å². The largest absolute Gasteiger partial charge is 0.224 e. The minimum atomic E-state index is 0.601. The van der Waals surface area contributed by atoms with E-state index in [1.54, 1.807) is 0 Å². The van der Waals surface area contributed by atoms with Gasteiger partial charge in [0.1, 0.15) is 11.4 Å². The van der Waals surface area contributed by atoms with Crippen LogP contribution in [0.25, 0.3) is 77.7 Å². The van der Waals surface area contributed by atoms with Crippen LogP contribution in [0.15, 0.2) is 164 Å². The third-order valence-electron chi connectivity index (χ3n) is 8.21. The zero-order valence-electron chi connectivity index (χ0n) is 23.9. The van der Waals surface area contributed by atoms with E-state index in [0.717, 1.165) is 33.6 Å². The number of nitrogens with zero attached hydrogens (tertiary/aromatic N) is 3. The van der Waals surface area contributed by atoms with Gasteiger partial charge in [0, 0.05) is 16.7 Å². The van der Waals surface area contributed by atoms with Gasteiger partial charge in [0.05, 0.1) is 0 Å². The molecule has 1 heterocycles. The molecular formula is C41H27N3. The molecule has 0 amide bonds. The van der Waals surface area contributed by atoms with Crippen molar-refractivity contribution in [3.63, 3.8) is 0 Å². The molecule has 0 N–H and O–H groups in total. The van der Waals surface area contributed by atoms with Crippen molar-refractivity contribution in [3.05, 3.63) is 164 Å². The van der Waals surface area contributed by atoms with Crippen molar-refractivity contribution in [1.82, 2.24) is 15.2 Å². The molecule has 0 aliphatic heterocycles. The van der Waals surface area contributed by atoms with Gasteiger partial charge in [-0.25, -0.2) is 4.98 Å². The van der Waals surface area contributed by atoms with Crippen molar-refractivity contribution in [1.29, 1.82) is 0 Å². The summed E-state index contributed by atoms with van der Waals surface area (Å²) in [6.45, 7) is 0. The lowest BCUT2D eigenvalue weighted by molar-refractivity contribution is 0.992. The van der Waals surface area contributed by atoms with E-state index in [0.29, 0.717) is 5.82 Å². The van der Waals surface area contributed by atoms with Gasteiger partial charge < -0.3 is 0 Å². The number of aromatic nitrogens is 3. The molecule has 3 heteroatoms. The molecule has 8 aromatic rings. The van der Waals surface area contributed by atoms with Gasteiger partial charge in [0.2, 0.25) is 0 Å². The fourth-order valence-electron chi connectivity index (χ4n) is 6.18. The molecule has 0 atom stereocenters. The van der Waals surface area contributed by atoms with Crippen LogP contribution in [0.4, 0.5) is 0 Å². The average molecular weight is 562 g/mol. The molecule has 0 saturated heterocycles. The van der Waals surface area contributed by atoms with Gasteiger partial charge in [0.15, 0.2) is 5.82 Å². The quantitative estimate of drug-likeness (QED) is 0.196. The Morgan fingerprint density at radius 3 is 1.11 bits per heavy atom. The molecule has 0 unspecified atom stereocenters. The summed E-state index contributed by atoms with van der Waals surface area (Å²) < 4.78 is 0. The third kappa shape index (κ3) is 4.52. The highest BCUT2D eigenvalue weighted by molar-refractivity contribution is 6.21. The molecule has 0 radical (unpaired) electrons. The Hall–Kier alpha value is -5.93. The van der Waals surface area contributed by atoms with Crippen LogP contribution in [-0.2, 0) is 0 Å². The summed E-state index contributed by atoms with van der Waals surface area (Å²) in [4.78, 5) is 5.06. The SMILES string of the molecule is c1ccc(-c2nnc(-c3ccc(-c4c5ccccc5c(-c5ccccc5)c5ccccc45)cc3)nc2-c2ccccc2)cc1. The van der Waals surface area contributed by atoms with E-state index < -0.39 is 0 Å². The Bertz CT molecular complexity index is 2190. The summed E-state index contributed by atoms with van der Waals surface area (Å²) in [6, 6.07) is 57.0. The van der Waals surface area contributed by atoms with E-state index in [4.69, 9.17) is 10.1 Å². The lowest BCUT2D eigenvalue weighted by atomic mass is 9.86. The zero-order chi connectivity index (χ0) is 29.3. The van der Waals surface area contributed by atoms with E-state index in [1.807, 2.05) is 48.5 Å². The average Bonchev–Trinajstić information content (AvgIpc) is 3.11. The number of hydrogen-bond donors (Lipinski definition) is 0. The van der Waals surface area contributed by atoms with E-state index >= 15 is 0 Å². The molecule has 0 fully saturated rings. The first-order valence-electron chi connectivity index (χ1n) is 14.8. The molecule has 0 saturated carbocycles. The summed E-state index contributed by atoms with van der Waals surface area (Å²) in [5.41, 5.74) is 9.38. The Balaban J connectivity index is 1.27. The zero-order valence-corrected chi connectivity index (χ0v) is 23.9. The molecule has 8 rings (SSSR count). The van der Waals surface area contributed by atoms with Crippen LogP contribution in [0.2, 0.25) is 0 Å². The van der Waals surface area contributed by atoms with Gasteiger partial charge in [-0.3, -0.25) is 0 Å². The van der Waals surface area contributed by atoms with Crippen molar-refractivity contribution in [2.24, 2.45) is 0 Å². The van der Waals surface area contributed by atoms with Crippen LogP contribution in [0.1, 0.15) is 0 Å². The standard InChI is InChI=1S/C41H27N3/c1-4-14-28(15-5-1)37-33-20-10-12-22-35(33)38(36-23-13-11-21-34(36)37)29-24-26-32(27-25-29)41-42-39(30-16-6-2-7-17-30)40(43-44-41)31-18-8-3-9-19-31/h1-27H. The Labute approximate surface area is 256 Å². The smallest absolute Gasteiger partial charge is 0.182 e. The van der Waals surface area contributed by atoms with Crippen molar-refractivity contribution < 1.29 is 0 Å². The molecule has 44 heavy (non-hydrogen) atoms. The summed E-state index contributed by atoms with van der Waals surface area (Å²) in [5, 5.41) is 14.2. The first-order chi connectivity index (χ1) is 21.8. The predicted octanol–water partition coefficient (Wildman–Crippen LogP) is 10.5. The van der Waals surface area contributed by atoms with E-state index in [2.05, 4.69) is 120 Å². The molecule has 0 aliphatic carbocycles. The van der Waals surface area contributed by atoms with Crippen molar-refractivity contribution in [2.75, 3.05) is 0 Å². The fourth-order valence-corrected chi connectivity index (χ4v) is 6.18. The second-order valence-electron chi connectivity index (χ2n) is 10.8. The Morgan fingerprint density at radius 2 is 0.636 bits per heavy atom. The highest BCUT2D eigenvalue weighted by Crippen LogP contribution is 2.43.